The monoisotopic (exact) mass is 287 g/mol. The summed E-state index contributed by atoms with van der Waals surface area (Å²) in [5.41, 5.74) is 9.21. The summed E-state index contributed by atoms with van der Waals surface area (Å²) in [6.07, 6.45) is 0.401. The van der Waals surface area contributed by atoms with Gasteiger partial charge in [0.2, 0.25) is 0 Å². The fraction of sp³-hybridized carbons (Fsp3) is 0.333. The first kappa shape index (κ1) is 15.5. The van der Waals surface area contributed by atoms with Crippen molar-refractivity contribution in [2.45, 2.75) is 39.3 Å². The predicted molar refractivity (Wildman–Crippen MR) is 84.0 cm³/mol. The third-order valence-electron chi connectivity index (χ3n) is 3.50. The molecule has 0 aliphatic rings. The molecule has 2 N–H and O–H groups in total. The van der Waals surface area contributed by atoms with E-state index in [9.17, 15) is 4.39 Å². The summed E-state index contributed by atoms with van der Waals surface area (Å²) in [7, 11) is 0. The molecule has 2 nitrogen and oxygen atoms in total. The van der Waals surface area contributed by atoms with E-state index in [-0.39, 0.29) is 18.0 Å². The summed E-state index contributed by atoms with van der Waals surface area (Å²) in [4.78, 5) is 0. The van der Waals surface area contributed by atoms with Crippen LogP contribution in [0.15, 0.2) is 42.5 Å². The summed E-state index contributed by atoms with van der Waals surface area (Å²) in [6, 6.07) is 12.3. The number of hydrogen-bond acceptors (Lipinski definition) is 2. The molecule has 0 fully saturated rings. The van der Waals surface area contributed by atoms with Crippen LogP contribution in [-0.2, 0) is 0 Å². The minimum Gasteiger partial charge on any atom is -0.484 e. The van der Waals surface area contributed by atoms with Crippen molar-refractivity contribution in [2.75, 3.05) is 0 Å². The fourth-order valence-electron chi connectivity index (χ4n) is 2.45. The van der Waals surface area contributed by atoms with Gasteiger partial charge in [0.1, 0.15) is 17.7 Å². The highest BCUT2D eigenvalue weighted by atomic mass is 19.1. The van der Waals surface area contributed by atoms with Gasteiger partial charge in [-0.15, -0.1) is 0 Å². The lowest BCUT2D eigenvalue weighted by Gasteiger charge is -2.25. The molecule has 21 heavy (non-hydrogen) atoms. The Bertz CT molecular complexity index is 592. The summed E-state index contributed by atoms with van der Waals surface area (Å²) in [5.74, 6) is 0.496. The second-order valence-corrected chi connectivity index (χ2v) is 5.49. The van der Waals surface area contributed by atoms with Gasteiger partial charge >= 0.3 is 0 Å². The van der Waals surface area contributed by atoms with Gasteiger partial charge in [-0.05, 0) is 61.2 Å². The van der Waals surface area contributed by atoms with Crippen molar-refractivity contribution >= 4 is 0 Å². The zero-order chi connectivity index (χ0) is 15.4. The van der Waals surface area contributed by atoms with E-state index in [4.69, 9.17) is 10.5 Å². The molecule has 0 bridgehead atoms. The van der Waals surface area contributed by atoms with E-state index in [0.29, 0.717) is 0 Å². The Morgan fingerprint density at radius 1 is 1.10 bits per heavy atom. The third kappa shape index (κ3) is 4.05. The number of nitrogens with two attached hydrogens (primary N) is 1. The Morgan fingerprint density at radius 3 is 2.33 bits per heavy atom. The Labute approximate surface area is 125 Å². The van der Waals surface area contributed by atoms with Crippen LogP contribution in [0.1, 0.15) is 36.1 Å². The highest BCUT2D eigenvalue weighted by Gasteiger charge is 2.21. The van der Waals surface area contributed by atoms with Gasteiger partial charge in [0, 0.05) is 6.04 Å². The van der Waals surface area contributed by atoms with Gasteiger partial charge in [0.05, 0.1) is 0 Å². The smallest absolute Gasteiger partial charge is 0.139 e. The van der Waals surface area contributed by atoms with E-state index in [1.165, 1.54) is 12.1 Å². The quantitative estimate of drug-likeness (QED) is 0.890. The van der Waals surface area contributed by atoms with Crippen LogP contribution < -0.4 is 10.5 Å². The normalized spacial score (nSPS) is 13.8. The molecule has 0 amide bonds. The first-order valence-corrected chi connectivity index (χ1v) is 7.25. The van der Waals surface area contributed by atoms with Gasteiger partial charge in [-0.1, -0.05) is 25.1 Å². The Hall–Kier alpha value is -1.87. The molecule has 0 heterocycles. The molecule has 0 aromatic heterocycles. The van der Waals surface area contributed by atoms with Gasteiger partial charge in [-0.2, -0.15) is 0 Å². The first-order valence-electron chi connectivity index (χ1n) is 7.25. The molecular weight excluding hydrogens is 265 g/mol. The molecule has 0 aliphatic carbocycles. The van der Waals surface area contributed by atoms with Gasteiger partial charge in [0.15, 0.2) is 0 Å². The van der Waals surface area contributed by atoms with E-state index in [2.05, 4.69) is 6.07 Å². The van der Waals surface area contributed by atoms with Crippen molar-refractivity contribution in [3.8, 4) is 5.75 Å². The van der Waals surface area contributed by atoms with Crippen LogP contribution in [0.5, 0.6) is 5.75 Å². The zero-order valence-corrected chi connectivity index (χ0v) is 12.8. The van der Waals surface area contributed by atoms with Gasteiger partial charge in [-0.3, -0.25) is 0 Å². The van der Waals surface area contributed by atoms with Crippen molar-refractivity contribution in [3.63, 3.8) is 0 Å². The second kappa shape index (κ2) is 6.72. The van der Waals surface area contributed by atoms with Crippen LogP contribution in [0.2, 0.25) is 0 Å². The van der Waals surface area contributed by atoms with Crippen LogP contribution in [-0.4, -0.2) is 6.04 Å². The fourth-order valence-corrected chi connectivity index (χ4v) is 2.45. The van der Waals surface area contributed by atoms with E-state index in [0.717, 1.165) is 28.9 Å². The molecule has 2 unspecified atom stereocenters. The van der Waals surface area contributed by atoms with Crippen LogP contribution >= 0.6 is 0 Å². The number of halogens is 1. The summed E-state index contributed by atoms with van der Waals surface area (Å²) < 4.78 is 19.5. The number of rotatable bonds is 5. The molecule has 2 atom stereocenters. The minimum absolute atomic E-state index is 0.187. The molecule has 0 saturated heterocycles. The topological polar surface area (TPSA) is 35.2 Å². The SMILES string of the molecule is CCC(N)C(Oc1cc(C)cc(C)c1)c1cccc(F)c1. The van der Waals surface area contributed by atoms with Crippen molar-refractivity contribution < 1.29 is 9.13 Å². The van der Waals surface area contributed by atoms with E-state index in [1.54, 1.807) is 6.07 Å². The Kier molecular flexibility index (Phi) is 4.97. The number of benzene rings is 2. The van der Waals surface area contributed by atoms with Gasteiger partial charge < -0.3 is 10.5 Å². The maximum absolute atomic E-state index is 13.5. The van der Waals surface area contributed by atoms with Crippen molar-refractivity contribution in [1.29, 1.82) is 0 Å². The number of hydrogen-bond donors (Lipinski definition) is 1. The average Bonchev–Trinajstić information content (AvgIpc) is 2.43. The Balaban J connectivity index is 2.32. The van der Waals surface area contributed by atoms with Crippen LogP contribution in [0, 0.1) is 19.7 Å². The van der Waals surface area contributed by atoms with Crippen LogP contribution in [0.25, 0.3) is 0 Å². The highest BCUT2D eigenvalue weighted by Crippen LogP contribution is 2.27. The van der Waals surface area contributed by atoms with E-state index >= 15 is 0 Å². The van der Waals surface area contributed by atoms with Crippen molar-refractivity contribution in [1.82, 2.24) is 0 Å². The lowest BCUT2D eigenvalue weighted by atomic mass is 10.0. The largest absolute Gasteiger partial charge is 0.484 e. The maximum atomic E-state index is 13.5. The summed E-state index contributed by atoms with van der Waals surface area (Å²) in [5, 5.41) is 0. The highest BCUT2D eigenvalue weighted by molar-refractivity contribution is 5.34. The molecule has 112 valence electrons. The van der Waals surface area contributed by atoms with Gasteiger partial charge in [0.25, 0.3) is 0 Å². The minimum atomic E-state index is -0.355. The van der Waals surface area contributed by atoms with Crippen LogP contribution in [0.3, 0.4) is 0 Å². The van der Waals surface area contributed by atoms with Gasteiger partial charge in [-0.25, -0.2) is 4.39 Å². The molecule has 0 spiro atoms. The molecule has 2 rings (SSSR count). The molecule has 2 aromatic carbocycles. The number of ether oxygens (including phenoxy) is 1. The molecular formula is C18H22FNO. The lowest BCUT2D eigenvalue weighted by Crippen LogP contribution is -2.31. The lowest BCUT2D eigenvalue weighted by molar-refractivity contribution is 0.170. The molecule has 0 radical (unpaired) electrons. The van der Waals surface area contributed by atoms with Crippen molar-refractivity contribution in [3.05, 3.63) is 65.0 Å². The van der Waals surface area contributed by atoms with E-state index in [1.807, 2.05) is 39.0 Å². The molecule has 3 heteroatoms. The molecule has 0 saturated carbocycles. The molecule has 0 aliphatic heterocycles. The van der Waals surface area contributed by atoms with Crippen molar-refractivity contribution in [2.24, 2.45) is 5.73 Å². The maximum Gasteiger partial charge on any atom is 0.139 e. The van der Waals surface area contributed by atoms with Crippen LogP contribution in [0.4, 0.5) is 4.39 Å². The summed E-state index contributed by atoms with van der Waals surface area (Å²) >= 11 is 0. The zero-order valence-electron chi connectivity index (χ0n) is 12.8. The number of aryl methyl sites for hydroxylation is 2. The predicted octanol–water partition coefficient (Wildman–Crippen LogP) is 4.30. The third-order valence-corrected chi connectivity index (χ3v) is 3.50. The first-order chi connectivity index (χ1) is 9.99. The van der Waals surface area contributed by atoms with E-state index < -0.39 is 0 Å². The Morgan fingerprint density at radius 2 is 1.76 bits per heavy atom. The standard InChI is InChI=1S/C18H22FNO/c1-4-17(20)18(14-6-5-7-15(19)11-14)21-16-9-12(2)8-13(3)10-16/h5-11,17-18H,4,20H2,1-3H3. The average molecular weight is 287 g/mol. The molecule has 2 aromatic rings. The summed E-state index contributed by atoms with van der Waals surface area (Å²) in [6.45, 7) is 6.05. The second-order valence-electron chi connectivity index (χ2n) is 5.49.